The Morgan fingerprint density at radius 3 is 3.00 bits per heavy atom. The van der Waals surface area contributed by atoms with Crippen molar-refractivity contribution in [2.75, 3.05) is 12.9 Å². The number of nitrogens with zero attached hydrogens (tertiary/aromatic N) is 2. The van der Waals surface area contributed by atoms with Gasteiger partial charge in [0.1, 0.15) is 11.6 Å². The molecule has 4 rings (SSSR count). The molecule has 2 heterocycles. The molecule has 1 aliphatic heterocycles. The number of pyridine rings is 1. The van der Waals surface area contributed by atoms with Gasteiger partial charge in [0.2, 0.25) is 0 Å². The summed E-state index contributed by atoms with van der Waals surface area (Å²) >= 11 is 1.58. The highest BCUT2D eigenvalue weighted by Crippen LogP contribution is 2.51. The Kier molecular flexibility index (Phi) is 4.15. The van der Waals surface area contributed by atoms with Gasteiger partial charge in [0.25, 0.3) is 0 Å². The highest BCUT2D eigenvalue weighted by atomic mass is 32.2. The van der Waals surface area contributed by atoms with E-state index in [-0.39, 0.29) is 5.82 Å². The van der Waals surface area contributed by atoms with Gasteiger partial charge >= 0.3 is 0 Å². The molecule has 2 aliphatic rings. The van der Waals surface area contributed by atoms with Crippen LogP contribution in [0.5, 0.6) is 5.75 Å². The Balaban J connectivity index is 1.84. The average molecular weight is 357 g/mol. The Labute approximate surface area is 150 Å². The SMILES string of the molecule is COc1cncc(-c2ccc(F)c([C@]34CCC[C@H]3CSC(N)=N4)c2)c1. The summed E-state index contributed by atoms with van der Waals surface area (Å²) in [6, 6.07) is 7.13. The lowest BCUT2D eigenvalue weighted by atomic mass is 9.80. The molecule has 0 spiro atoms. The van der Waals surface area contributed by atoms with Gasteiger partial charge in [-0.3, -0.25) is 9.98 Å². The van der Waals surface area contributed by atoms with Crippen LogP contribution in [0, 0.1) is 11.7 Å². The maximum atomic E-state index is 14.8. The second-order valence-corrected chi connectivity index (χ2v) is 7.62. The third-order valence-corrected chi connectivity index (χ3v) is 6.20. The maximum Gasteiger partial charge on any atom is 0.154 e. The van der Waals surface area contributed by atoms with Crippen molar-refractivity contribution in [2.24, 2.45) is 16.6 Å². The Bertz CT molecular complexity index is 841. The lowest BCUT2D eigenvalue weighted by molar-refractivity contribution is 0.341. The summed E-state index contributed by atoms with van der Waals surface area (Å²) < 4.78 is 20.1. The number of hydrogen-bond acceptors (Lipinski definition) is 5. The monoisotopic (exact) mass is 357 g/mol. The first-order valence-electron chi connectivity index (χ1n) is 8.40. The molecule has 1 fully saturated rings. The van der Waals surface area contributed by atoms with Gasteiger partial charge < -0.3 is 10.5 Å². The van der Waals surface area contributed by atoms with Crippen LogP contribution in [0.4, 0.5) is 4.39 Å². The van der Waals surface area contributed by atoms with E-state index in [9.17, 15) is 4.39 Å². The van der Waals surface area contributed by atoms with E-state index in [1.807, 2.05) is 12.1 Å². The maximum absolute atomic E-state index is 14.8. The third-order valence-electron chi connectivity index (χ3n) is 5.24. The predicted octanol–water partition coefficient (Wildman–Crippen LogP) is 3.95. The number of methoxy groups -OCH3 is 1. The molecular formula is C19H20FN3OS. The number of rotatable bonds is 3. The summed E-state index contributed by atoms with van der Waals surface area (Å²) in [5.74, 6) is 1.70. The first kappa shape index (κ1) is 16.4. The van der Waals surface area contributed by atoms with Gasteiger partial charge in [0.15, 0.2) is 5.17 Å². The van der Waals surface area contributed by atoms with Crippen LogP contribution in [-0.4, -0.2) is 23.0 Å². The van der Waals surface area contributed by atoms with Crippen molar-refractivity contribution >= 4 is 16.9 Å². The summed E-state index contributed by atoms with van der Waals surface area (Å²) in [6.07, 6.45) is 6.37. The standard InChI is InChI=1S/C19H20FN3OS/c1-24-15-7-13(9-22-10-15)12-4-5-17(20)16(8-12)19-6-2-3-14(19)11-25-18(21)23-19/h4-5,7-10,14H,2-3,6,11H2,1H3,(H2,21,23)/t14-,19-/m0/s1. The second kappa shape index (κ2) is 6.33. The molecule has 6 heteroatoms. The van der Waals surface area contributed by atoms with Crippen LogP contribution < -0.4 is 10.5 Å². The van der Waals surface area contributed by atoms with E-state index in [0.29, 0.717) is 22.4 Å². The van der Waals surface area contributed by atoms with Gasteiger partial charge in [0, 0.05) is 23.1 Å². The fourth-order valence-corrected chi connectivity index (χ4v) is 5.03. The van der Waals surface area contributed by atoms with Crippen molar-refractivity contribution in [2.45, 2.75) is 24.8 Å². The number of aliphatic imine (C=N–C) groups is 1. The van der Waals surface area contributed by atoms with E-state index < -0.39 is 5.54 Å². The minimum absolute atomic E-state index is 0.213. The lowest BCUT2D eigenvalue weighted by Crippen LogP contribution is -2.37. The molecule has 0 saturated heterocycles. The van der Waals surface area contributed by atoms with Crippen LogP contribution >= 0.6 is 11.8 Å². The molecule has 2 N–H and O–H groups in total. The van der Waals surface area contributed by atoms with E-state index in [2.05, 4.69) is 4.98 Å². The fourth-order valence-electron chi connectivity index (χ4n) is 3.98. The molecule has 1 saturated carbocycles. The van der Waals surface area contributed by atoms with E-state index in [1.54, 1.807) is 37.3 Å². The van der Waals surface area contributed by atoms with Crippen molar-refractivity contribution in [1.29, 1.82) is 0 Å². The minimum Gasteiger partial charge on any atom is -0.495 e. The van der Waals surface area contributed by atoms with Gasteiger partial charge in [-0.15, -0.1) is 0 Å². The highest BCUT2D eigenvalue weighted by Gasteiger charge is 2.48. The molecule has 2 atom stereocenters. The Morgan fingerprint density at radius 1 is 1.28 bits per heavy atom. The van der Waals surface area contributed by atoms with Crippen molar-refractivity contribution in [1.82, 2.24) is 4.98 Å². The van der Waals surface area contributed by atoms with Crippen LogP contribution in [0.15, 0.2) is 41.7 Å². The summed E-state index contributed by atoms with van der Waals surface area (Å²) in [7, 11) is 1.61. The Hall–Kier alpha value is -2.08. The molecule has 0 amide bonds. The molecular weight excluding hydrogens is 337 g/mol. The zero-order chi connectivity index (χ0) is 17.4. The molecule has 2 aromatic rings. The lowest BCUT2D eigenvalue weighted by Gasteiger charge is -2.36. The largest absolute Gasteiger partial charge is 0.495 e. The molecule has 130 valence electrons. The molecule has 0 bridgehead atoms. The summed E-state index contributed by atoms with van der Waals surface area (Å²) in [6.45, 7) is 0. The van der Waals surface area contributed by atoms with Crippen LogP contribution in [0.1, 0.15) is 24.8 Å². The van der Waals surface area contributed by atoms with Crippen molar-refractivity contribution in [3.8, 4) is 16.9 Å². The highest BCUT2D eigenvalue weighted by molar-refractivity contribution is 8.13. The number of halogens is 1. The van der Waals surface area contributed by atoms with Crippen LogP contribution in [-0.2, 0) is 5.54 Å². The minimum atomic E-state index is -0.526. The van der Waals surface area contributed by atoms with Gasteiger partial charge in [-0.05, 0) is 42.5 Å². The molecule has 0 unspecified atom stereocenters. The molecule has 1 aliphatic carbocycles. The van der Waals surface area contributed by atoms with Crippen LogP contribution in [0.25, 0.3) is 11.1 Å². The molecule has 0 radical (unpaired) electrons. The number of benzene rings is 1. The number of ether oxygens (including phenoxy) is 1. The topological polar surface area (TPSA) is 60.5 Å². The number of amidine groups is 1. The molecule has 1 aromatic heterocycles. The number of hydrogen-bond donors (Lipinski definition) is 1. The fraction of sp³-hybridized carbons (Fsp3) is 0.368. The predicted molar refractivity (Wildman–Crippen MR) is 99.3 cm³/mol. The van der Waals surface area contributed by atoms with Gasteiger partial charge in [-0.25, -0.2) is 4.39 Å². The van der Waals surface area contributed by atoms with Gasteiger partial charge in [-0.1, -0.05) is 24.2 Å². The quantitative estimate of drug-likeness (QED) is 0.903. The van der Waals surface area contributed by atoms with E-state index >= 15 is 0 Å². The summed E-state index contributed by atoms with van der Waals surface area (Å²) in [5.41, 5.74) is 7.95. The van der Waals surface area contributed by atoms with Gasteiger partial charge in [0.05, 0.1) is 18.8 Å². The number of thioether (sulfide) groups is 1. The van der Waals surface area contributed by atoms with Crippen molar-refractivity contribution in [3.05, 3.63) is 48.0 Å². The first-order valence-corrected chi connectivity index (χ1v) is 9.38. The summed E-state index contributed by atoms with van der Waals surface area (Å²) in [4.78, 5) is 8.96. The van der Waals surface area contributed by atoms with Crippen molar-refractivity contribution < 1.29 is 9.13 Å². The normalized spacial score (nSPS) is 25.4. The van der Waals surface area contributed by atoms with E-state index in [4.69, 9.17) is 15.5 Å². The zero-order valence-electron chi connectivity index (χ0n) is 14.0. The van der Waals surface area contributed by atoms with Crippen LogP contribution in [0.2, 0.25) is 0 Å². The first-order chi connectivity index (χ1) is 12.1. The number of nitrogens with two attached hydrogens (primary N) is 1. The second-order valence-electron chi connectivity index (χ2n) is 6.58. The third kappa shape index (κ3) is 2.78. The molecule has 25 heavy (non-hydrogen) atoms. The molecule has 1 aromatic carbocycles. The summed E-state index contributed by atoms with van der Waals surface area (Å²) in [5, 5.41) is 0.561. The van der Waals surface area contributed by atoms with E-state index in [0.717, 1.165) is 36.1 Å². The average Bonchev–Trinajstić information content (AvgIpc) is 3.06. The smallest absolute Gasteiger partial charge is 0.154 e. The van der Waals surface area contributed by atoms with Crippen LogP contribution in [0.3, 0.4) is 0 Å². The number of aromatic nitrogens is 1. The molecule has 4 nitrogen and oxygen atoms in total. The Morgan fingerprint density at radius 2 is 2.16 bits per heavy atom. The van der Waals surface area contributed by atoms with Gasteiger partial charge in [-0.2, -0.15) is 0 Å². The zero-order valence-corrected chi connectivity index (χ0v) is 14.9. The van der Waals surface area contributed by atoms with Crippen molar-refractivity contribution in [3.63, 3.8) is 0 Å². The number of fused-ring (bicyclic) bond motifs is 1. The van der Waals surface area contributed by atoms with E-state index in [1.165, 1.54) is 6.07 Å².